The molecule has 0 aliphatic heterocycles. The molecule has 3 heteroatoms. The van der Waals surface area contributed by atoms with Gasteiger partial charge in [-0.1, -0.05) is 0 Å². The summed E-state index contributed by atoms with van der Waals surface area (Å²) in [5.74, 6) is 0. The fraction of sp³-hybridized carbons (Fsp3) is 0.154. The quantitative estimate of drug-likeness (QED) is 0.729. The van der Waals surface area contributed by atoms with Crippen molar-refractivity contribution in [3.63, 3.8) is 0 Å². The van der Waals surface area contributed by atoms with E-state index in [9.17, 15) is 4.79 Å². The first-order valence-corrected chi connectivity index (χ1v) is 6.96. The Morgan fingerprint density at radius 2 is 2.00 bits per heavy atom. The number of para-hydroxylation sites is 1. The number of allylic oxidation sites excluding steroid dienone is 1. The SMILES string of the molecule is O=c1c2c([se]n1-c1ccccc1)C=CCC2. The van der Waals surface area contributed by atoms with Crippen LogP contribution in [-0.4, -0.2) is 18.3 Å². The van der Waals surface area contributed by atoms with Crippen LogP contribution in [-0.2, 0) is 6.42 Å². The zero-order valence-corrected chi connectivity index (χ0v) is 10.4. The maximum atomic E-state index is 12.2. The molecule has 2 nitrogen and oxygen atoms in total. The van der Waals surface area contributed by atoms with Crippen LogP contribution in [0.5, 0.6) is 0 Å². The van der Waals surface area contributed by atoms with Gasteiger partial charge in [-0.3, -0.25) is 0 Å². The second-order valence-electron chi connectivity index (χ2n) is 3.81. The summed E-state index contributed by atoms with van der Waals surface area (Å²) in [6.45, 7) is 0. The van der Waals surface area contributed by atoms with Crippen LogP contribution in [0, 0.1) is 0 Å². The third-order valence-corrected chi connectivity index (χ3v) is 5.14. The Kier molecular flexibility index (Phi) is 2.43. The number of aromatic nitrogens is 1. The Labute approximate surface area is 99.8 Å². The molecule has 0 unspecified atom stereocenters. The molecule has 0 saturated carbocycles. The third kappa shape index (κ3) is 1.53. The van der Waals surface area contributed by atoms with Gasteiger partial charge < -0.3 is 0 Å². The Hall–Kier alpha value is -1.31. The topological polar surface area (TPSA) is 22.0 Å². The molecular formula is C13H11NOSe. The molecule has 0 fully saturated rings. The molecule has 0 saturated heterocycles. The van der Waals surface area contributed by atoms with Crippen molar-refractivity contribution in [1.82, 2.24) is 3.56 Å². The predicted molar refractivity (Wildman–Crippen MR) is 66.3 cm³/mol. The fourth-order valence-electron chi connectivity index (χ4n) is 1.94. The summed E-state index contributed by atoms with van der Waals surface area (Å²) < 4.78 is 3.18. The molecule has 1 aromatic carbocycles. The molecule has 16 heavy (non-hydrogen) atoms. The summed E-state index contributed by atoms with van der Waals surface area (Å²) >= 11 is 0.130. The van der Waals surface area contributed by atoms with Crippen LogP contribution in [0.3, 0.4) is 0 Å². The van der Waals surface area contributed by atoms with Gasteiger partial charge in [0.05, 0.1) is 0 Å². The van der Waals surface area contributed by atoms with Gasteiger partial charge in [0.15, 0.2) is 0 Å². The van der Waals surface area contributed by atoms with Gasteiger partial charge in [0.25, 0.3) is 0 Å². The van der Waals surface area contributed by atoms with E-state index >= 15 is 0 Å². The molecule has 0 radical (unpaired) electrons. The minimum absolute atomic E-state index is 0.130. The molecule has 1 aliphatic rings. The van der Waals surface area contributed by atoms with Gasteiger partial charge in [0.1, 0.15) is 0 Å². The van der Waals surface area contributed by atoms with Crippen molar-refractivity contribution < 1.29 is 0 Å². The average Bonchev–Trinajstić information content (AvgIpc) is 2.69. The van der Waals surface area contributed by atoms with Crippen molar-refractivity contribution in [1.29, 1.82) is 0 Å². The summed E-state index contributed by atoms with van der Waals surface area (Å²) in [5, 5.41) is 0. The molecule has 0 bridgehead atoms. The second-order valence-corrected chi connectivity index (χ2v) is 5.88. The predicted octanol–water partition coefficient (Wildman–Crippen LogP) is 1.85. The number of fused-ring (bicyclic) bond motifs is 1. The van der Waals surface area contributed by atoms with Gasteiger partial charge in [-0.25, -0.2) is 0 Å². The Morgan fingerprint density at radius 1 is 1.19 bits per heavy atom. The number of benzene rings is 1. The van der Waals surface area contributed by atoms with Crippen LogP contribution in [0.4, 0.5) is 0 Å². The summed E-state index contributed by atoms with van der Waals surface area (Å²) in [5.41, 5.74) is 2.27. The summed E-state index contributed by atoms with van der Waals surface area (Å²) in [4.78, 5) is 12.2. The van der Waals surface area contributed by atoms with Gasteiger partial charge in [-0.15, -0.1) is 0 Å². The van der Waals surface area contributed by atoms with Gasteiger partial charge >= 0.3 is 99.7 Å². The Morgan fingerprint density at radius 3 is 2.75 bits per heavy atom. The van der Waals surface area contributed by atoms with E-state index in [-0.39, 0.29) is 20.3 Å². The monoisotopic (exact) mass is 277 g/mol. The van der Waals surface area contributed by atoms with Crippen molar-refractivity contribution in [2.45, 2.75) is 12.8 Å². The van der Waals surface area contributed by atoms with Crippen molar-refractivity contribution in [3.05, 3.63) is 56.8 Å². The molecule has 0 atom stereocenters. The minimum atomic E-state index is 0.130. The molecule has 0 N–H and O–H groups in total. The van der Waals surface area contributed by atoms with E-state index in [1.54, 1.807) is 0 Å². The van der Waals surface area contributed by atoms with E-state index in [1.807, 2.05) is 33.9 Å². The van der Waals surface area contributed by atoms with Crippen molar-refractivity contribution in [2.75, 3.05) is 0 Å². The Bertz CT molecular complexity index is 592. The van der Waals surface area contributed by atoms with E-state index in [4.69, 9.17) is 0 Å². The molecule has 1 aromatic heterocycles. The standard InChI is InChI=1S/C13H11NOSe/c15-13-11-8-4-5-9-12(11)16-14(13)10-6-2-1-3-7-10/h1-3,5-7,9H,4,8H2. The van der Waals surface area contributed by atoms with Crippen LogP contribution in [0.1, 0.15) is 16.4 Å². The molecule has 80 valence electrons. The molecule has 0 amide bonds. The number of rotatable bonds is 1. The summed E-state index contributed by atoms with van der Waals surface area (Å²) in [6.07, 6.45) is 6.21. The van der Waals surface area contributed by atoms with Crippen molar-refractivity contribution in [3.8, 4) is 5.69 Å². The first kappa shape index (κ1) is 9.88. The summed E-state index contributed by atoms with van der Waals surface area (Å²) in [6, 6.07) is 9.94. The van der Waals surface area contributed by atoms with Gasteiger partial charge in [0.2, 0.25) is 0 Å². The molecule has 3 rings (SSSR count). The first-order chi connectivity index (χ1) is 7.86. The normalized spacial score (nSPS) is 13.8. The molecular weight excluding hydrogens is 265 g/mol. The zero-order valence-electron chi connectivity index (χ0n) is 8.72. The zero-order chi connectivity index (χ0) is 11.0. The van der Waals surface area contributed by atoms with Gasteiger partial charge in [-0.2, -0.15) is 0 Å². The van der Waals surface area contributed by atoms with Crippen molar-refractivity contribution in [2.24, 2.45) is 0 Å². The van der Waals surface area contributed by atoms with Crippen LogP contribution >= 0.6 is 0 Å². The number of hydrogen-bond acceptors (Lipinski definition) is 1. The van der Waals surface area contributed by atoms with E-state index in [2.05, 4.69) is 12.2 Å². The molecule has 1 aliphatic carbocycles. The van der Waals surface area contributed by atoms with Crippen LogP contribution < -0.4 is 5.56 Å². The van der Waals surface area contributed by atoms with Crippen molar-refractivity contribution >= 4 is 20.8 Å². The van der Waals surface area contributed by atoms with E-state index < -0.39 is 0 Å². The molecule has 0 spiro atoms. The number of nitrogens with zero attached hydrogens (tertiary/aromatic N) is 1. The van der Waals surface area contributed by atoms with Gasteiger partial charge in [0, 0.05) is 0 Å². The van der Waals surface area contributed by atoms with Gasteiger partial charge in [-0.05, 0) is 0 Å². The molecule has 2 aromatic rings. The molecule has 1 heterocycles. The number of hydrogen-bond donors (Lipinski definition) is 0. The average molecular weight is 276 g/mol. The first-order valence-electron chi connectivity index (χ1n) is 5.33. The van der Waals surface area contributed by atoms with Crippen LogP contribution in [0.2, 0.25) is 0 Å². The van der Waals surface area contributed by atoms with E-state index in [0.29, 0.717) is 0 Å². The second kappa shape index (κ2) is 3.93. The summed E-state index contributed by atoms with van der Waals surface area (Å²) in [7, 11) is 0. The fourth-order valence-corrected chi connectivity index (χ4v) is 4.19. The van der Waals surface area contributed by atoms with E-state index in [1.165, 1.54) is 4.44 Å². The maximum absolute atomic E-state index is 12.2. The van der Waals surface area contributed by atoms with Crippen LogP contribution in [0.15, 0.2) is 41.2 Å². The van der Waals surface area contributed by atoms with Crippen LogP contribution in [0.25, 0.3) is 11.8 Å². The Balaban J connectivity index is 2.20. The third-order valence-electron chi connectivity index (χ3n) is 2.75. The van der Waals surface area contributed by atoms with E-state index in [0.717, 1.165) is 24.1 Å².